The second-order valence-corrected chi connectivity index (χ2v) is 6.07. The molecule has 4 aromatic rings. The van der Waals surface area contributed by atoms with Gasteiger partial charge in [0.05, 0.1) is 17.7 Å². The van der Waals surface area contributed by atoms with Crippen molar-refractivity contribution in [1.82, 2.24) is 19.9 Å². The Balaban J connectivity index is 1.78. The molecule has 0 saturated heterocycles. The number of hydrogen-bond acceptors (Lipinski definition) is 6. The fraction of sp³-hybridized carbons (Fsp3) is 0.200. The molecule has 0 bridgehead atoms. The molecule has 0 saturated carbocycles. The summed E-state index contributed by atoms with van der Waals surface area (Å²) < 4.78 is 11.7. The topological polar surface area (TPSA) is 83.0 Å². The minimum Gasteiger partial charge on any atom is -0.384 e. The summed E-state index contributed by atoms with van der Waals surface area (Å²) in [6.07, 6.45) is 0.551. The fourth-order valence-electron chi connectivity index (χ4n) is 2.93. The molecule has 0 aliphatic heterocycles. The molecule has 0 spiro atoms. The number of aromatic nitrogens is 4. The first-order chi connectivity index (χ1) is 13.3. The molecule has 0 fully saturated rings. The summed E-state index contributed by atoms with van der Waals surface area (Å²) in [4.78, 5) is 17.2. The van der Waals surface area contributed by atoms with Gasteiger partial charge in [0.1, 0.15) is 6.54 Å². The van der Waals surface area contributed by atoms with Crippen molar-refractivity contribution in [3.05, 3.63) is 76.7 Å². The molecule has 7 heteroatoms. The molecule has 0 aliphatic carbocycles. The summed E-state index contributed by atoms with van der Waals surface area (Å²) in [5.74, 6) is 0.883. The molecule has 136 valence electrons. The second kappa shape index (κ2) is 7.51. The number of methoxy groups -OCH3 is 1. The van der Waals surface area contributed by atoms with Crippen LogP contribution in [0.3, 0.4) is 0 Å². The van der Waals surface area contributed by atoms with Crippen LogP contribution in [0.25, 0.3) is 22.0 Å². The van der Waals surface area contributed by atoms with Crippen LogP contribution in [-0.4, -0.2) is 33.6 Å². The monoisotopic (exact) mass is 362 g/mol. The standard InChI is InChI=1S/C20H18N4O3/c1-26-12-11-17-21-18(27-23-17)13-24-20(25)16-10-6-5-9-15(16)19(22-24)14-7-3-2-4-8-14/h2-10H,11-13H2,1H3. The number of ether oxygens (including phenoxy) is 1. The zero-order chi connectivity index (χ0) is 18.6. The Bertz CT molecular complexity index is 1120. The van der Waals surface area contributed by atoms with Crippen molar-refractivity contribution in [1.29, 1.82) is 0 Å². The van der Waals surface area contributed by atoms with Crippen molar-refractivity contribution in [2.24, 2.45) is 0 Å². The molecular formula is C20H18N4O3. The maximum atomic E-state index is 12.9. The van der Waals surface area contributed by atoms with Crippen LogP contribution >= 0.6 is 0 Å². The first-order valence-electron chi connectivity index (χ1n) is 8.62. The summed E-state index contributed by atoms with van der Waals surface area (Å²) in [5, 5.41) is 9.92. The van der Waals surface area contributed by atoms with E-state index >= 15 is 0 Å². The highest BCUT2D eigenvalue weighted by molar-refractivity contribution is 5.93. The van der Waals surface area contributed by atoms with Crippen molar-refractivity contribution in [3.8, 4) is 11.3 Å². The summed E-state index contributed by atoms with van der Waals surface area (Å²) in [5.41, 5.74) is 1.49. The maximum absolute atomic E-state index is 12.9. The molecular weight excluding hydrogens is 344 g/mol. The second-order valence-electron chi connectivity index (χ2n) is 6.07. The third-order valence-corrected chi connectivity index (χ3v) is 4.24. The van der Waals surface area contributed by atoms with Crippen LogP contribution in [-0.2, 0) is 17.7 Å². The minimum absolute atomic E-state index is 0.115. The van der Waals surface area contributed by atoms with Gasteiger partial charge in [0.25, 0.3) is 5.56 Å². The van der Waals surface area contributed by atoms with Crippen LogP contribution in [0.5, 0.6) is 0 Å². The lowest BCUT2D eigenvalue weighted by Crippen LogP contribution is -2.24. The quantitative estimate of drug-likeness (QED) is 0.524. The van der Waals surface area contributed by atoms with E-state index in [1.807, 2.05) is 48.5 Å². The first kappa shape index (κ1) is 17.1. The molecule has 2 heterocycles. The van der Waals surface area contributed by atoms with E-state index in [9.17, 15) is 4.79 Å². The smallest absolute Gasteiger partial charge is 0.275 e. The van der Waals surface area contributed by atoms with Crippen molar-refractivity contribution < 1.29 is 9.26 Å². The lowest BCUT2D eigenvalue weighted by molar-refractivity contribution is 0.199. The first-order valence-corrected chi connectivity index (χ1v) is 8.62. The lowest BCUT2D eigenvalue weighted by Gasteiger charge is -2.09. The van der Waals surface area contributed by atoms with Crippen LogP contribution in [0.2, 0.25) is 0 Å². The molecule has 0 unspecified atom stereocenters. The van der Waals surface area contributed by atoms with Crippen LogP contribution in [0.1, 0.15) is 11.7 Å². The Hall–Kier alpha value is -3.32. The van der Waals surface area contributed by atoms with E-state index in [0.29, 0.717) is 30.1 Å². The molecule has 0 radical (unpaired) electrons. The van der Waals surface area contributed by atoms with E-state index in [0.717, 1.165) is 16.6 Å². The predicted molar refractivity (Wildman–Crippen MR) is 100 cm³/mol. The highest BCUT2D eigenvalue weighted by Gasteiger charge is 2.14. The molecule has 27 heavy (non-hydrogen) atoms. The summed E-state index contributed by atoms with van der Waals surface area (Å²) in [6.45, 7) is 0.620. The Kier molecular flexibility index (Phi) is 4.76. The number of hydrogen-bond donors (Lipinski definition) is 0. The Morgan fingerprint density at radius 2 is 1.78 bits per heavy atom. The third kappa shape index (κ3) is 3.50. The van der Waals surface area contributed by atoms with Crippen LogP contribution in [0, 0.1) is 0 Å². The molecule has 7 nitrogen and oxygen atoms in total. The SMILES string of the molecule is COCCc1noc(Cn2nc(-c3ccccc3)c3ccccc3c2=O)n1. The van der Waals surface area contributed by atoms with Gasteiger partial charge in [-0.25, -0.2) is 4.68 Å². The number of rotatable bonds is 6. The van der Waals surface area contributed by atoms with E-state index in [2.05, 4.69) is 15.2 Å². The van der Waals surface area contributed by atoms with Gasteiger partial charge in [-0.05, 0) is 6.07 Å². The Morgan fingerprint density at radius 3 is 2.56 bits per heavy atom. The normalized spacial score (nSPS) is 11.1. The predicted octanol–water partition coefficient (Wildman–Crippen LogP) is 2.68. The number of benzene rings is 2. The highest BCUT2D eigenvalue weighted by atomic mass is 16.5. The maximum Gasteiger partial charge on any atom is 0.275 e. The Labute approximate surface area is 155 Å². The zero-order valence-electron chi connectivity index (χ0n) is 14.8. The van der Waals surface area contributed by atoms with Crippen LogP contribution < -0.4 is 5.56 Å². The van der Waals surface area contributed by atoms with Crippen LogP contribution in [0.15, 0.2) is 63.9 Å². The highest BCUT2D eigenvalue weighted by Crippen LogP contribution is 2.24. The van der Waals surface area contributed by atoms with Gasteiger partial charge in [-0.1, -0.05) is 53.7 Å². The summed E-state index contributed by atoms with van der Waals surface area (Å²) >= 11 is 0. The van der Waals surface area contributed by atoms with Crippen molar-refractivity contribution in [2.75, 3.05) is 13.7 Å². The molecule has 4 rings (SSSR count). The largest absolute Gasteiger partial charge is 0.384 e. The zero-order valence-corrected chi connectivity index (χ0v) is 14.8. The van der Waals surface area contributed by atoms with Gasteiger partial charge in [-0.2, -0.15) is 10.1 Å². The van der Waals surface area contributed by atoms with E-state index in [-0.39, 0.29) is 12.1 Å². The average Bonchev–Trinajstić information content (AvgIpc) is 3.16. The van der Waals surface area contributed by atoms with Crippen molar-refractivity contribution in [3.63, 3.8) is 0 Å². The molecule has 2 aromatic heterocycles. The van der Waals surface area contributed by atoms with Gasteiger partial charge in [0.2, 0.25) is 5.89 Å². The lowest BCUT2D eigenvalue weighted by atomic mass is 10.1. The summed E-state index contributed by atoms with van der Waals surface area (Å²) in [7, 11) is 1.62. The van der Waals surface area contributed by atoms with Gasteiger partial charge in [-0.3, -0.25) is 4.79 Å². The van der Waals surface area contributed by atoms with Gasteiger partial charge < -0.3 is 9.26 Å². The Morgan fingerprint density at radius 1 is 1.04 bits per heavy atom. The van der Waals surface area contributed by atoms with Crippen molar-refractivity contribution in [2.45, 2.75) is 13.0 Å². The molecule has 0 amide bonds. The number of nitrogens with zero attached hydrogens (tertiary/aromatic N) is 4. The molecule has 0 atom stereocenters. The van der Waals surface area contributed by atoms with E-state index in [1.165, 1.54) is 4.68 Å². The molecule has 0 N–H and O–H groups in total. The van der Waals surface area contributed by atoms with E-state index < -0.39 is 0 Å². The van der Waals surface area contributed by atoms with E-state index in [4.69, 9.17) is 9.26 Å². The fourth-order valence-corrected chi connectivity index (χ4v) is 2.93. The molecule has 2 aromatic carbocycles. The van der Waals surface area contributed by atoms with Gasteiger partial charge >= 0.3 is 0 Å². The van der Waals surface area contributed by atoms with Gasteiger partial charge in [-0.15, -0.1) is 0 Å². The van der Waals surface area contributed by atoms with Crippen LogP contribution in [0.4, 0.5) is 0 Å². The van der Waals surface area contributed by atoms with Gasteiger partial charge in [0, 0.05) is 24.5 Å². The third-order valence-electron chi connectivity index (χ3n) is 4.24. The summed E-state index contributed by atoms with van der Waals surface area (Å²) in [6, 6.07) is 17.2. The van der Waals surface area contributed by atoms with E-state index in [1.54, 1.807) is 13.2 Å². The average molecular weight is 362 g/mol. The van der Waals surface area contributed by atoms with Crippen molar-refractivity contribution >= 4 is 10.8 Å². The number of fused-ring (bicyclic) bond motifs is 1. The molecule has 0 aliphatic rings. The minimum atomic E-state index is -0.193. The van der Waals surface area contributed by atoms with Gasteiger partial charge in [0.15, 0.2) is 5.82 Å².